The molecule has 0 amide bonds. The van der Waals surface area contributed by atoms with Crippen molar-refractivity contribution in [3.8, 4) is 11.3 Å². The maximum atomic E-state index is 8.85. The summed E-state index contributed by atoms with van der Waals surface area (Å²) in [5.74, 6) is 0.682. The molecule has 1 aromatic carbocycles. The molecule has 2 rings (SSSR count). The quantitative estimate of drug-likeness (QED) is 0.849. The lowest BCUT2D eigenvalue weighted by Gasteiger charge is -2.03. The van der Waals surface area contributed by atoms with Crippen LogP contribution in [0.3, 0.4) is 0 Å². The summed E-state index contributed by atoms with van der Waals surface area (Å²) in [6, 6.07) is 10.1. The van der Waals surface area contributed by atoms with Crippen molar-refractivity contribution in [1.29, 1.82) is 0 Å². The zero-order valence-electron chi connectivity index (χ0n) is 9.22. The molecular weight excluding hydrogens is 200 g/mol. The number of aliphatic hydroxyl groups excluding tert-OH is 1. The lowest BCUT2D eigenvalue weighted by atomic mass is 10.1. The molecule has 0 spiro atoms. The summed E-state index contributed by atoms with van der Waals surface area (Å²) < 4.78 is 0. The van der Waals surface area contributed by atoms with Gasteiger partial charge < -0.3 is 5.11 Å². The number of aryl methyl sites for hydroxylation is 1. The van der Waals surface area contributed by atoms with Crippen molar-refractivity contribution in [3.05, 3.63) is 47.9 Å². The molecule has 82 valence electrons. The molecule has 3 heteroatoms. The van der Waals surface area contributed by atoms with Crippen LogP contribution in [0.1, 0.15) is 11.4 Å². The Hall–Kier alpha value is -1.74. The van der Waals surface area contributed by atoms with Crippen LogP contribution in [0.5, 0.6) is 0 Å². The van der Waals surface area contributed by atoms with Gasteiger partial charge in [0.25, 0.3) is 0 Å². The molecule has 0 bridgehead atoms. The zero-order valence-corrected chi connectivity index (χ0v) is 9.22. The van der Waals surface area contributed by atoms with E-state index in [9.17, 15) is 0 Å². The van der Waals surface area contributed by atoms with Gasteiger partial charge in [0.2, 0.25) is 0 Å². The minimum Gasteiger partial charge on any atom is -0.396 e. The van der Waals surface area contributed by atoms with Crippen molar-refractivity contribution >= 4 is 0 Å². The molecule has 0 radical (unpaired) electrons. The summed E-state index contributed by atoms with van der Waals surface area (Å²) in [4.78, 5) is 8.51. The Morgan fingerprint density at radius 3 is 2.88 bits per heavy atom. The average molecular weight is 214 g/mol. The normalized spacial score (nSPS) is 10.4. The molecule has 1 heterocycles. The minimum atomic E-state index is 0.0806. The van der Waals surface area contributed by atoms with Crippen LogP contribution in [0.25, 0.3) is 11.3 Å². The molecule has 0 aliphatic carbocycles. The van der Waals surface area contributed by atoms with Gasteiger partial charge in [-0.05, 0) is 19.1 Å². The summed E-state index contributed by atoms with van der Waals surface area (Å²) in [6.45, 7) is 2.14. The first-order valence-corrected chi connectivity index (χ1v) is 5.29. The van der Waals surface area contributed by atoms with Gasteiger partial charge in [-0.15, -0.1) is 0 Å². The monoisotopic (exact) mass is 214 g/mol. The summed E-state index contributed by atoms with van der Waals surface area (Å²) in [5, 5.41) is 8.85. The fourth-order valence-electron chi connectivity index (χ4n) is 1.58. The van der Waals surface area contributed by atoms with Crippen LogP contribution in [0.4, 0.5) is 0 Å². The van der Waals surface area contributed by atoms with E-state index in [-0.39, 0.29) is 6.61 Å². The first-order chi connectivity index (χ1) is 7.79. The Bertz CT molecular complexity index is 483. The van der Waals surface area contributed by atoms with Gasteiger partial charge in [0, 0.05) is 18.2 Å². The minimum absolute atomic E-state index is 0.0806. The van der Waals surface area contributed by atoms with Gasteiger partial charge in [-0.1, -0.05) is 23.8 Å². The van der Waals surface area contributed by atoms with E-state index in [1.165, 1.54) is 5.56 Å². The fraction of sp³-hybridized carbons (Fsp3) is 0.231. The second-order valence-corrected chi connectivity index (χ2v) is 3.70. The van der Waals surface area contributed by atoms with Gasteiger partial charge in [0.1, 0.15) is 5.82 Å². The first-order valence-electron chi connectivity index (χ1n) is 5.29. The maximum Gasteiger partial charge on any atom is 0.131 e. The lowest BCUT2D eigenvalue weighted by Crippen LogP contribution is -1.99. The third-order valence-electron chi connectivity index (χ3n) is 2.35. The molecule has 0 aliphatic rings. The van der Waals surface area contributed by atoms with E-state index < -0.39 is 0 Å². The van der Waals surface area contributed by atoms with E-state index in [1.807, 2.05) is 18.2 Å². The Kier molecular flexibility index (Phi) is 3.27. The number of hydrogen-bond donors (Lipinski definition) is 1. The number of aromatic nitrogens is 2. The predicted molar refractivity (Wildman–Crippen MR) is 63.0 cm³/mol. The molecule has 2 aromatic rings. The Labute approximate surface area is 94.8 Å². The Balaban J connectivity index is 2.36. The van der Waals surface area contributed by atoms with Crippen LogP contribution >= 0.6 is 0 Å². The third kappa shape index (κ3) is 2.44. The molecule has 1 aromatic heterocycles. The Morgan fingerprint density at radius 1 is 1.25 bits per heavy atom. The van der Waals surface area contributed by atoms with Crippen LogP contribution in [-0.2, 0) is 6.42 Å². The van der Waals surface area contributed by atoms with Gasteiger partial charge in [-0.2, -0.15) is 0 Å². The highest BCUT2D eigenvalue weighted by Crippen LogP contribution is 2.17. The summed E-state index contributed by atoms with van der Waals surface area (Å²) >= 11 is 0. The number of nitrogens with zero attached hydrogens (tertiary/aromatic N) is 2. The maximum absolute atomic E-state index is 8.85. The predicted octanol–water partition coefficient (Wildman–Crippen LogP) is 1.99. The number of aliphatic hydroxyl groups is 1. The Morgan fingerprint density at radius 2 is 2.12 bits per heavy atom. The van der Waals surface area contributed by atoms with E-state index in [2.05, 4.69) is 29.0 Å². The fourth-order valence-corrected chi connectivity index (χ4v) is 1.58. The highest BCUT2D eigenvalue weighted by atomic mass is 16.3. The van der Waals surface area contributed by atoms with E-state index in [0.717, 1.165) is 11.3 Å². The standard InChI is InChI=1S/C13H14N2O/c1-10-3-2-4-11(9-10)12-5-7-14-13(15-12)6-8-16/h2-5,7,9,16H,6,8H2,1H3. The molecule has 16 heavy (non-hydrogen) atoms. The summed E-state index contributed by atoms with van der Waals surface area (Å²) in [6.07, 6.45) is 2.23. The van der Waals surface area contributed by atoms with Crippen LogP contribution in [0, 0.1) is 6.92 Å². The largest absolute Gasteiger partial charge is 0.396 e. The molecular formula is C13H14N2O. The molecule has 1 N–H and O–H groups in total. The highest BCUT2D eigenvalue weighted by Gasteiger charge is 2.01. The van der Waals surface area contributed by atoms with E-state index in [0.29, 0.717) is 12.2 Å². The van der Waals surface area contributed by atoms with Crippen LogP contribution < -0.4 is 0 Å². The number of benzene rings is 1. The van der Waals surface area contributed by atoms with Crippen molar-refractivity contribution in [2.75, 3.05) is 6.61 Å². The smallest absolute Gasteiger partial charge is 0.131 e. The van der Waals surface area contributed by atoms with Crippen molar-refractivity contribution in [2.24, 2.45) is 0 Å². The SMILES string of the molecule is Cc1cccc(-c2ccnc(CCO)n2)c1. The van der Waals surface area contributed by atoms with Gasteiger partial charge in [0.05, 0.1) is 12.3 Å². The number of rotatable bonds is 3. The molecule has 3 nitrogen and oxygen atoms in total. The third-order valence-corrected chi connectivity index (χ3v) is 2.35. The van der Waals surface area contributed by atoms with Gasteiger partial charge >= 0.3 is 0 Å². The van der Waals surface area contributed by atoms with Crippen LogP contribution in [0.2, 0.25) is 0 Å². The van der Waals surface area contributed by atoms with E-state index >= 15 is 0 Å². The van der Waals surface area contributed by atoms with Gasteiger partial charge in [-0.25, -0.2) is 9.97 Å². The molecule has 0 unspecified atom stereocenters. The second-order valence-electron chi connectivity index (χ2n) is 3.70. The van der Waals surface area contributed by atoms with Crippen LogP contribution in [-0.4, -0.2) is 21.7 Å². The molecule has 0 aliphatic heterocycles. The molecule has 0 atom stereocenters. The average Bonchev–Trinajstić information content (AvgIpc) is 2.30. The molecule has 0 fully saturated rings. The van der Waals surface area contributed by atoms with Gasteiger partial charge in [0.15, 0.2) is 0 Å². The van der Waals surface area contributed by atoms with E-state index in [1.54, 1.807) is 6.20 Å². The summed E-state index contributed by atoms with van der Waals surface area (Å²) in [7, 11) is 0. The highest BCUT2D eigenvalue weighted by molar-refractivity contribution is 5.59. The summed E-state index contributed by atoms with van der Waals surface area (Å²) in [5.41, 5.74) is 3.20. The second kappa shape index (κ2) is 4.86. The van der Waals surface area contributed by atoms with Crippen molar-refractivity contribution in [3.63, 3.8) is 0 Å². The first kappa shape index (κ1) is 10.8. The van der Waals surface area contributed by atoms with Crippen molar-refractivity contribution < 1.29 is 5.11 Å². The molecule has 0 saturated heterocycles. The number of hydrogen-bond acceptors (Lipinski definition) is 3. The zero-order chi connectivity index (χ0) is 11.4. The van der Waals surface area contributed by atoms with Crippen molar-refractivity contribution in [1.82, 2.24) is 9.97 Å². The molecule has 0 saturated carbocycles. The lowest BCUT2D eigenvalue weighted by molar-refractivity contribution is 0.296. The topological polar surface area (TPSA) is 46.0 Å². The van der Waals surface area contributed by atoms with Crippen molar-refractivity contribution in [2.45, 2.75) is 13.3 Å². The van der Waals surface area contributed by atoms with E-state index in [4.69, 9.17) is 5.11 Å². The van der Waals surface area contributed by atoms with Crippen LogP contribution in [0.15, 0.2) is 36.5 Å². The van der Waals surface area contributed by atoms with Gasteiger partial charge in [-0.3, -0.25) is 0 Å².